The average Bonchev–Trinajstić information content (AvgIpc) is 2.56. The van der Waals surface area contributed by atoms with Crippen LogP contribution in [0.5, 0.6) is 0 Å². The lowest BCUT2D eigenvalue weighted by Gasteiger charge is -2.26. The molecule has 0 aliphatic rings. The predicted molar refractivity (Wildman–Crippen MR) is 85.2 cm³/mol. The van der Waals surface area contributed by atoms with Gasteiger partial charge < -0.3 is 19.3 Å². The van der Waals surface area contributed by atoms with Crippen molar-refractivity contribution in [3.8, 4) is 0 Å². The first kappa shape index (κ1) is 18.3. The van der Waals surface area contributed by atoms with Crippen LogP contribution in [0.1, 0.15) is 23.8 Å². The van der Waals surface area contributed by atoms with Crippen LogP contribution in [0.2, 0.25) is 0 Å². The Hall–Kier alpha value is -1.73. The van der Waals surface area contributed by atoms with Crippen molar-refractivity contribution in [2.24, 2.45) is 0 Å². The van der Waals surface area contributed by atoms with E-state index in [9.17, 15) is 4.79 Å². The maximum atomic E-state index is 12.3. The molecule has 0 aromatic carbocycles. The Morgan fingerprint density at radius 2 is 1.91 bits per heavy atom. The third kappa shape index (κ3) is 5.23. The Balaban J connectivity index is 2.78. The molecule has 0 aliphatic heterocycles. The van der Waals surface area contributed by atoms with E-state index in [4.69, 9.17) is 9.47 Å². The van der Waals surface area contributed by atoms with Gasteiger partial charge in [-0.1, -0.05) is 0 Å². The molecule has 7 nitrogen and oxygen atoms in total. The smallest absolute Gasteiger partial charge is 0.272 e. The van der Waals surface area contributed by atoms with E-state index in [0.29, 0.717) is 25.5 Å². The number of ether oxygens (including phenoxy) is 2. The molecule has 1 unspecified atom stereocenters. The van der Waals surface area contributed by atoms with Gasteiger partial charge in [-0.3, -0.25) is 4.79 Å². The minimum absolute atomic E-state index is 0.140. The number of carbonyl (C=O) groups is 1. The van der Waals surface area contributed by atoms with Crippen molar-refractivity contribution < 1.29 is 14.3 Å². The second-order valence-corrected chi connectivity index (χ2v) is 5.22. The minimum Gasteiger partial charge on any atom is -0.385 e. The molecule has 1 atom stereocenters. The Kier molecular flexibility index (Phi) is 7.76. The minimum atomic E-state index is -0.140. The van der Waals surface area contributed by atoms with Crippen LogP contribution >= 0.6 is 0 Å². The number of aromatic nitrogens is 2. The zero-order valence-corrected chi connectivity index (χ0v) is 14.1. The van der Waals surface area contributed by atoms with E-state index >= 15 is 0 Å². The molecule has 1 aromatic heterocycles. The van der Waals surface area contributed by atoms with Crippen LogP contribution in [0.15, 0.2) is 12.4 Å². The summed E-state index contributed by atoms with van der Waals surface area (Å²) in [4.78, 5) is 24.2. The second-order valence-electron chi connectivity index (χ2n) is 5.22. The standard InChI is InChI=1S/C15H26N4O3/c1-12(6-8-21-4)19(3)14-10-13(16-11-17-14)15(20)18(2)7-9-22-5/h10-12H,6-9H2,1-5H3. The average molecular weight is 310 g/mol. The molecule has 1 aromatic rings. The normalized spacial score (nSPS) is 12.0. The summed E-state index contributed by atoms with van der Waals surface area (Å²) in [5.74, 6) is 0.584. The molecule has 1 heterocycles. The highest BCUT2D eigenvalue weighted by atomic mass is 16.5. The summed E-state index contributed by atoms with van der Waals surface area (Å²) in [6.07, 6.45) is 2.31. The van der Waals surface area contributed by atoms with Crippen LogP contribution in [-0.2, 0) is 9.47 Å². The van der Waals surface area contributed by atoms with Gasteiger partial charge in [-0.25, -0.2) is 9.97 Å². The molecule has 124 valence electrons. The van der Waals surface area contributed by atoms with Crippen LogP contribution in [0, 0.1) is 0 Å². The Labute approximate surface area is 132 Å². The van der Waals surface area contributed by atoms with E-state index in [2.05, 4.69) is 16.9 Å². The molecule has 0 radical (unpaired) electrons. The molecule has 0 saturated carbocycles. The summed E-state index contributed by atoms with van der Waals surface area (Å²) in [6, 6.07) is 1.97. The molecule has 0 N–H and O–H groups in total. The highest BCUT2D eigenvalue weighted by molar-refractivity contribution is 5.92. The number of amides is 1. The van der Waals surface area contributed by atoms with Crippen LogP contribution in [0.3, 0.4) is 0 Å². The van der Waals surface area contributed by atoms with Gasteiger partial charge in [0, 0.05) is 53.6 Å². The highest BCUT2D eigenvalue weighted by Crippen LogP contribution is 2.15. The van der Waals surface area contributed by atoms with Gasteiger partial charge in [-0.2, -0.15) is 0 Å². The van der Waals surface area contributed by atoms with Crippen LogP contribution in [0.4, 0.5) is 5.82 Å². The molecule has 22 heavy (non-hydrogen) atoms. The number of methoxy groups -OCH3 is 2. The van der Waals surface area contributed by atoms with Crippen molar-refractivity contribution in [3.05, 3.63) is 18.1 Å². The number of nitrogens with zero attached hydrogens (tertiary/aromatic N) is 4. The maximum absolute atomic E-state index is 12.3. The summed E-state index contributed by atoms with van der Waals surface area (Å²) in [5.41, 5.74) is 0.384. The Morgan fingerprint density at radius 3 is 2.55 bits per heavy atom. The summed E-state index contributed by atoms with van der Waals surface area (Å²) in [6.45, 7) is 3.79. The molecule has 0 fully saturated rings. The van der Waals surface area contributed by atoms with Gasteiger partial charge in [-0.15, -0.1) is 0 Å². The summed E-state index contributed by atoms with van der Waals surface area (Å²) in [7, 11) is 6.97. The van der Waals surface area contributed by atoms with E-state index in [1.54, 1.807) is 32.2 Å². The largest absolute Gasteiger partial charge is 0.385 e. The van der Waals surface area contributed by atoms with Crippen molar-refractivity contribution in [1.82, 2.24) is 14.9 Å². The van der Waals surface area contributed by atoms with Gasteiger partial charge in [0.25, 0.3) is 5.91 Å². The first-order valence-corrected chi connectivity index (χ1v) is 7.29. The maximum Gasteiger partial charge on any atom is 0.272 e. The number of rotatable bonds is 9. The number of anilines is 1. The third-order valence-electron chi connectivity index (χ3n) is 3.61. The second kappa shape index (κ2) is 9.32. The molecular formula is C15H26N4O3. The fraction of sp³-hybridized carbons (Fsp3) is 0.667. The van der Waals surface area contributed by atoms with Crippen molar-refractivity contribution in [3.63, 3.8) is 0 Å². The van der Waals surface area contributed by atoms with Gasteiger partial charge in [0.15, 0.2) is 0 Å². The number of hydrogen-bond acceptors (Lipinski definition) is 6. The third-order valence-corrected chi connectivity index (χ3v) is 3.61. The van der Waals surface area contributed by atoms with E-state index in [1.165, 1.54) is 6.33 Å². The van der Waals surface area contributed by atoms with Gasteiger partial charge in [0.05, 0.1) is 6.61 Å². The molecule has 1 amide bonds. The first-order valence-electron chi connectivity index (χ1n) is 7.29. The van der Waals surface area contributed by atoms with Gasteiger partial charge in [0.2, 0.25) is 0 Å². The monoisotopic (exact) mass is 310 g/mol. The van der Waals surface area contributed by atoms with Gasteiger partial charge in [0.1, 0.15) is 17.8 Å². The predicted octanol–water partition coefficient (Wildman–Crippen LogP) is 1.06. The summed E-state index contributed by atoms with van der Waals surface area (Å²) < 4.78 is 10.1. The van der Waals surface area contributed by atoms with E-state index in [1.807, 2.05) is 11.9 Å². The lowest BCUT2D eigenvalue weighted by Crippen LogP contribution is -2.32. The lowest BCUT2D eigenvalue weighted by atomic mass is 10.2. The molecule has 1 rings (SSSR count). The van der Waals surface area contributed by atoms with E-state index in [-0.39, 0.29) is 11.9 Å². The SMILES string of the molecule is COCCC(C)N(C)c1cc(C(=O)N(C)CCOC)ncn1. The highest BCUT2D eigenvalue weighted by Gasteiger charge is 2.17. The molecule has 0 bridgehead atoms. The molecule has 7 heteroatoms. The quantitative estimate of drug-likeness (QED) is 0.679. The van der Waals surface area contributed by atoms with Gasteiger partial charge in [-0.05, 0) is 13.3 Å². The summed E-state index contributed by atoms with van der Waals surface area (Å²) in [5, 5.41) is 0. The van der Waals surface area contributed by atoms with Crippen molar-refractivity contribution in [1.29, 1.82) is 0 Å². The Bertz CT molecular complexity index is 470. The van der Waals surface area contributed by atoms with Gasteiger partial charge >= 0.3 is 0 Å². The number of hydrogen-bond donors (Lipinski definition) is 0. The zero-order chi connectivity index (χ0) is 16.5. The molecule has 0 saturated heterocycles. The lowest BCUT2D eigenvalue weighted by molar-refractivity contribution is 0.0738. The topological polar surface area (TPSA) is 67.8 Å². The van der Waals surface area contributed by atoms with Crippen LogP contribution < -0.4 is 4.90 Å². The fourth-order valence-electron chi connectivity index (χ4n) is 1.89. The number of carbonyl (C=O) groups excluding carboxylic acids is 1. The van der Waals surface area contributed by atoms with Crippen molar-refractivity contribution in [2.75, 3.05) is 53.0 Å². The van der Waals surface area contributed by atoms with E-state index in [0.717, 1.165) is 12.2 Å². The zero-order valence-electron chi connectivity index (χ0n) is 14.1. The van der Waals surface area contributed by atoms with Crippen molar-refractivity contribution >= 4 is 11.7 Å². The molecule has 0 spiro atoms. The number of likely N-dealkylation sites (N-methyl/N-ethyl adjacent to an activating group) is 1. The molecular weight excluding hydrogens is 284 g/mol. The molecule has 0 aliphatic carbocycles. The van der Waals surface area contributed by atoms with Crippen LogP contribution in [-0.4, -0.2) is 74.9 Å². The summed E-state index contributed by atoms with van der Waals surface area (Å²) >= 11 is 0. The Morgan fingerprint density at radius 1 is 1.23 bits per heavy atom. The van der Waals surface area contributed by atoms with Crippen molar-refractivity contribution in [2.45, 2.75) is 19.4 Å². The fourth-order valence-corrected chi connectivity index (χ4v) is 1.89. The first-order chi connectivity index (χ1) is 10.5. The van der Waals surface area contributed by atoms with Crippen LogP contribution in [0.25, 0.3) is 0 Å². The van der Waals surface area contributed by atoms with E-state index < -0.39 is 0 Å².